The molecule has 1 aromatic carbocycles. The number of urea groups is 1. The first-order chi connectivity index (χ1) is 14.1. The Labute approximate surface area is 174 Å². The summed E-state index contributed by atoms with van der Waals surface area (Å²) in [6.07, 6.45) is 1.55. The van der Waals surface area contributed by atoms with E-state index in [2.05, 4.69) is 15.8 Å². The number of amides is 3. The number of hydroxylamine groups is 1. The Bertz CT molecular complexity index is 824. The molecule has 1 aromatic heterocycles. The minimum absolute atomic E-state index is 0.0555. The predicted octanol–water partition coefficient (Wildman–Crippen LogP) is 2.81. The zero-order chi connectivity index (χ0) is 20.6. The number of methoxy groups -OCH3 is 1. The van der Waals surface area contributed by atoms with Crippen LogP contribution < -0.4 is 15.5 Å². The van der Waals surface area contributed by atoms with Crippen molar-refractivity contribution in [3.05, 3.63) is 34.7 Å². The molecule has 3 rings (SSSR count). The van der Waals surface area contributed by atoms with E-state index in [1.807, 2.05) is 29.6 Å². The first-order valence-electron chi connectivity index (χ1n) is 9.64. The van der Waals surface area contributed by atoms with Crippen LogP contribution in [0.25, 0.3) is 11.3 Å². The molecule has 0 radical (unpaired) electrons. The largest absolute Gasteiger partial charge is 0.497 e. The lowest BCUT2D eigenvalue weighted by Crippen LogP contribution is -2.48. The fourth-order valence-corrected chi connectivity index (χ4v) is 3.91. The van der Waals surface area contributed by atoms with Crippen LogP contribution in [0.2, 0.25) is 0 Å². The number of thiazole rings is 1. The smallest absolute Gasteiger partial charge is 0.341 e. The van der Waals surface area contributed by atoms with Crippen molar-refractivity contribution < 1.29 is 19.2 Å². The lowest BCUT2D eigenvalue weighted by Gasteiger charge is -2.31. The summed E-state index contributed by atoms with van der Waals surface area (Å²) in [7, 11) is 1.63. The number of likely N-dealkylation sites (tertiary alicyclic amines) is 1. The average Bonchev–Trinajstić information content (AvgIpc) is 3.25. The van der Waals surface area contributed by atoms with Crippen LogP contribution in [0.3, 0.4) is 0 Å². The van der Waals surface area contributed by atoms with E-state index in [4.69, 9.17) is 9.57 Å². The van der Waals surface area contributed by atoms with Gasteiger partial charge < -0.3 is 15.0 Å². The molecular formula is C20H26N4O4S. The minimum atomic E-state index is -0.298. The second-order valence-electron chi connectivity index (χ2n) is 6.70. The van der Waals surface area contributed by atoms with E-state index >= 15 is 0 Å². The third-order valence-corrected chi connectivity index (χ3v) is 5.58. The first kappa shape index (κ1) is 21.1. The molecule has 29 heavy (non-hydrogen) atoms. The summed E-state index contributed by atoms with van der Waals surface area (Å²) in [5.74, 6) is 0.519. The summed E-state index contributed by atoms with van der Waals surface area (Å²) in [5.41, 5.74) is 4.26. The number of carbonyl (C=O) groups excluding carboxylic acids is 2. The lowest BCUT2D eigenvalue weighted by molar-refractivity contribution is -0.126. The van der Waals surface area contributed by atoms with Crippen molar-refractivity contribution in [1.29, 1.82) is 0 Å². The van der Waals surface area contributed by atoms with E-state index in [0.717, 1.165) is 34.9 Å². The van der Waals surface area contributed by atoms with Crippen molar-refractivity contribution >= 4 is 23.3 Å². The third kappa shape index (κ3) is 5.68. The summed E-state index contributed by atoms with van der Waals surface area (Å²) < 4.78 is 5.17. The first-order valence-corrected chi connectivity index (χ1v) is 10.5. The molecule has 1 atom stereocenters. The maximum absolute atomic E-state index is 12.6. The van der Waals surface area contributed by atoms with Gasteiger partial charge in [-0.2, -0.15) is 0 Å². The second-order valence-corrected chi connectivity index (χ2v) is 7.64. The van der Waals surface area contributed by atoms with Gasteiger partial charge in [0, 0.05) is 24.0 Å². The molecule has 9 heteroatoms. The van der Waals surface area contributed by atoms with Gasteiger partial charge in [0.15, 0.2) is 0 Å². The highest BCUT2D eigenvalue weighted by Gasteiger charge is 2.28. The maximum Gasteiger partial charge on any atom is 0.341 e. The van der Waals surface area contributed by atoms with Gasteiger partial charge in [-0.3, -0.25) is 9.63 Å². The van der Waals surface area contributed by atoms with Crippen LogP contribution in [-0.4, -0.2) is 48.6 Å². The normalized spacial score (nSPS) is 16.3. The van der Waals surface area contributed by atoms with Crippen molar-refractivity contribution in [2.24, 2.45) is 5.92 Å². The molecule has 1 saturated heterocycles. The lowest BCUT2D eigenvalue weighted by atomic mass is 9.97. The maximum atomic E-state index is 12.6. The number of nitrogens with one attached hydrogen (secondary N) is 2. The number of hydrogen-bond donors (Lipinski definition) is 2. The Balaban J connectivity index is 1.51. The average molecular weight is 419 g/mol. The zero-order valence-electron chi connectivity index (χ0n) is 16.6. The van der Waals surface area contributed by atoms with Gasteiger partial charge in [-0.15, -0.1) is 11.3 Å². The van der Waals surface area contributed by atoms with Gasteiger partial charge in [0.1, 0.15) is 10.8 Å². The minimum Gasteiger partial charge on any atom is -0.497 e. The third-order valence-electron chi connectivity index (χ3n) is 4.73. The molecule has 0 spiro atoms. The Morgan fingerprint density at radius 2 is 2.10 bits per heavy atom. The van der Waals surface area contributed by atoms with Crippen LogP contribution in [-0.2, 0) is 16.2 Å². The van der Waals surface area contributed by atoms with Gasteiger partial charge >= 0.3 is 6.03 Å². The van der Waals surface area contributed by atoms with Gasteiger partial charge in [-0.05, 0) is 44.0 Å². The van der Waals surface area contributed by atoms with Crippen LogP contribution in [0, 0.1) is 5.92 Å². The molecule has 156 valence electrons. The van der Waals surface area contributed by atoms with Crippen LogP contribution in [0.5, 0.6) is 5.75 Å². The van der Waals surface area contributed by atoms with Crippen molar-refractivity contribution in [3.8, 4) is 17.0 Å². The number of carbonyl (C=O) groups is 2. The summed E-state index contributed by atoms with van der Waals surface area (Å²) in [4.78, 5) is 35.8. The summed E-state index contributed by atoms with van der Waals surface area (Å²) in [6.45, 7) is 3.59. The van der Waals surface area contributed by atoms with Crippen molar-refractivity contribution in [2.75, 3.05) is 26.8 Å². The van der Waals surface area contributed by atoms with E-state index in [0.29, 0.717) is 26.2 Å². The number of ether oxygens (including phenoxy) is 1. The van der Waals surface area contributed by atoms with Crippen molar-refractivity contribution in [1.82, 2.24) is 20.7 Å². The topological polar surface area (TPSA) is 92.8 Å². The van der Waals surface area contributed by atoms with Crippen LogP contribution in [0.15, 0.2) is 29.6 Å². The highest BCUT2D eigenvalue weighted by Crippen LogP contribution is 2.24. The van der Waals surface area contributed by atoms with Crippen LogP contribution in [0.4, 0.5) is 4.79 Å². The number of aromatic nitrogens is 1. The molecule has 0 bridgehead atoms. The molecular weight excluding hydrogens is 392 g/mol. The number of rotatable bonds is 7. The molecule has 2 heterocycles. The predicted molar refractivity (Wildman–Crippen MR) is 110 cm³/mol. The Hall–Kier alpha value is -2.65. The van der Waals surface area contributed by atoms with Gasteiger partial charge in [0.25, 0.3) is 0 Å². The van der Waals surface area contributed by atoms with Gasteiger partial charge in [-0.1, -0.05) is 0 Å². The van der Waals surface area contributed by atoms with Crippen LogP contribution >= 0.6 is 11.3 Å². The van der Waals surface area contributed by atoms with Gasteiger partial charge in [0.2, 0.25) is 5.91 Å². The SMILES string of the molecule is CCONC(=O)N1CCCC(C(=O)NCc2nc(-c3ccc(OC)cc3)cs2)C1. The fourth-order valence-electron chi connectivity index (χ4n) is 3.17. The fraction of sp³-hybridized carbons (Fsp3) is 0.450. The van der Waals surface area contributed by atoms with E-state index in [1.165, 1.54) is 11.3 Å². The molecule has 1 fully saturated rings. The molecule has 2 N–H and O–H groups in total. The Morgan fingerprint density at radius 1 is 1.31 bits per heavy atom. The molecule has 0 saturated carbocycles. The number of benzene rings is 1. The molecule has 0 aliphatic carbocycles. The second kappa shape index (κ2) is 10.2. The molecule has 1 aliphatic rings. The molecule has 2 aromatic rings. The summed E-state index contributed by atoms with van der Waals surface area (Å²) >= 11 is 1.51. The van der Waals surface area contributed by atoms with Gasteiger partial charge in [0.05, 0.1) is 31.9 Å². The standard InChI is InChI=1S/C20H26N4O4S/c1-3-28-23-20(26)24-10-4-5-15(12-24)19(25)21-11-18-22-17(13-29-18)14-6-8-16(27-2)9-7-14/h6-9,13,15H,3-5,10-12H2,1-2H3,(H,21,25)(H,23,26). The van der Waals surface area contributed by atoms with Crippen LogP contribution in [0.1, 0.15) is 24.8 Å². The monoisotopic (exact) mass is 418 g/mol. The van der Waals surface area contributed by atoms with Crippen molar-refractivity contribution in [3.63, 3.8) is 0 Å². The summed E-state index contributed by atoms with van der Waals surface area (Å²) in [5, 5.41) is 5.77. The Kier molecular flexibility index (Phi) is 7.42. The van der Waals surface area contributed by atoms with E-state index in [1.54, 1.807) is 18.9 Å². The number of hydrogen-bond acceptors (Lipinski definition) is 6. The zero-order valence-corrected chi connectivity index (χ0v) is 17.5. The highest BCUT2D eigenvalue weighted by molar-refractivity contribution is 7.09. The molecule has 8 nitrogen and oxygen atoms in total. The highest BCUT2D eigenvalue weighted by atomic mass is 32.1. The van der Waals surface area contributed by atoms with E-state index in [-0.39, 0.29) is 17.9 Å². The molecule has 1 aliphatic heterocycles. The Morgan fingerprint density at radius 3 is 2.83 bits per heavy atom. The quantitative estimate of drug-likeness (QED) is 0.675. The van der Waals surface area contributed by atoms with E-state index in [9.17, 15) is 9.59 Å². The number of piperidine rings is 1. The summed E-state index contributed by atoms with van der Waals surface area (Å²) in [6, 6.07) is 7.41. The number of nitrogens with zero attached hydrogens (tertiary/aromatic N) is 2. The molecule has 3 amide bonds. The van der Waals surface area contributed by atoms with Gasteiger partial charge in [-0.25, -0.2) is 15.3 Å². The van der Waals surface area contributed by atoms with Crippen molar-refractivity contribution in [2.45, 2.75) is 26.3 Å². The molecule has 1 unspecified atom stereocenters. The van der Waals surface area contributed by atoms with E-state index < -0.39 is 0 Å².